The fourth-order valence-corrected chi connectivity index (χ4v) is 2.60. The molecule has 0 saturated heterocycles. The summed E-state index contributed by atoms with van der Waals surface area (Å²) >= 11 is 3.38. The van der Waals surface area contributed by atoms with Gasteiger partial charge in [0, 0.05) is 11.9 Å². The van der Waals surface area contributed by atoms with Gasteiger partial charge in [0.2, 0.25) is 0 Å². The van der Waals surface area contributed by atoms with Crippen molar-refractivity contribution in [2.75, 3.05) is 5.33 Å². The van der Waals surface area contributed by atoms with E-state index in [1.807, 2.05) is 13.0 Å². The van der Waals surface area contributed by atoms with E-state index in [0.717, 1.165) is 10.1 Å². The Balaban J connectivity index is 2.74. The maximum Gasteiger partial charge on any atom is 0.331 e. The second-order valence-electron chi connectivity index (χ2n) is 6.05. The van der Waals surface area contributed by atoms with Crippen LogP contribution in [-0.4, -0.2) is 25.2 Å². The molecule has 0 amide bonds. The topological polar surface area (TPSA) is 64.2 Å². The van der Waals surface area contributed by atoms with Crippen molar-refractivity contribution < 1.29 is 5.11 Å². The van der Waals surface area contributed by atoms with Gasteiger partial charge in [-0.15, -0.1) is 6.58 Å². The van der Waals surface area contributed by atoms with E-state index in [2.05, 4.69) is 22.5 Å². The number of fused-ring (bicyclic) bond motifs is 1. The van der Waals surface area contributed by atoms with Crippen molar-refractivity contribution in [3.05, 3.63) is 69.4 Å². The Hall–Kier alpha value is -1.92. The minimum absolute atomic E-state index is 0.139. The third-order valence-corrected chi connectivity index (χ3v) is 4.77. The molecule has 0 aliphatic rings. The van der Waals surface area contributed by atoms with Crippen molar-refractivity contribution >= 4 is 26.8 Å². The molecule has 0 radical (unpaired) electrons. The Labute approximate surface area is 148 Å². The van der Waals surface area contributed by atoms with Gasteiger partial charge in [-0.1, -0.05) is 45.8 Å². The minimum Gasteiger partial charge on any atom is -0.384 e. The maximum absolute atomic E-state index is 12.8. The van der Waals surface area contributed by atoms with E-state index in [9.17, 15) is 14.7 Å². The Morgan fingerprint density at radius 2 is 2.00 bits per heavy atom. The zero-order valence-corrected chi connectivity index (χ0v) is 15.4. The molecule has 1 unspecified atom stereocenters. The largest absolute Gasteiger partial charge is 0.384 e. The van der Waals surface area contributed by atoms with E-state index in [1.54, 1.807) is 28.8 Å². The predicted molar refractivity (Wildman–Crippen MR) is 101 cm³/mol. The number of benzene rings is 1. The lowest BCUT2D eigenvalue weighted by Gasteiger charge is -2.21. The average molecular weight is 393 g/mol. The van der Waals surface area contributed by atoms with Gasteiger partial charge in [-0.25, -0.2) is 4.79 Å². The van der Waals surface area contributed by atoms with E-state index in [-0.39, 0.29) is 6.54 Å². The maximum atomic E-state index is 12.8. The van der Waals surface area contributed by atoms with Crippen LogP contribution in [0, 0.1) is 0 Å². The second kappa shape index (κ2) is 7.32. The Morgan fingerprint density at radius 1 is 1.33 bits per heavy atom. The number of alkyl halides is 1. The molecule has 1 atom stereocenters. The van der Waals surface area contributed by atoms with Crippen molar-refractivity contribution in [1.29, 1.82) is 0 Å². The van der Waals surface area contributed by atoms with Gasteiger partial charge in [0.05, 0.1) is 23.0 Å². The fraction of sp³-hybridized carbons (Fsp3) is 0.333. The van der Waals surface area contributed by atoms with Crippen LogP contribution in [0.4, 0.5) is 0 Å². The number of hydrogen-bond acceptors (Lipinski definition) is 3. The van der Waals surface area contributed by atoms with Gasteiger partial charge >= 0.3 is 5.69 Å². The minimum atomic E-state index is -1.34. The van der Waals surface area contributed by atoms with Gasteiger partial charge in [0.1, 0.15) is 0 Å². The molecule has 128 valence electrons. The molecule has 1 aromatic carbocycles. The molecule has 0 spiro atoms. The van der Waals surface area contributed by atoms with Gasteiger partial charge in [0.25, 0.3) is 5.56 Å². The summed E-state index contributed by atoms with van der Waals surface area (Å²) < 4.78 is 2.61. The SMILES string of the molecule is C=CC(C)(O)Cn1c(=O)c2ccccc2n(C/C=C(\C)CBr)c1=O. The summed E-state index contributed by atoms with van der Waals surface area (Å²) in [5.41, 5.74) is -0.526. The average Bonchev–Trinajstić information content (AvgIpc) is 2.58. The molecule has 2 aromatic rings. The molecule has 1 N–H and O–H groups in total. The highest BCUT2D eigenvalue weighted by atomic mass is 79.9. The first-order valence-corrected chi connectivity index (χ1v) is 8.73. The van der Waals surface area contributed by atoms with Gasteiger partial charge in [-0.2, -0.15) is 0 Å². The molecule has 1 heterocycles. The van der Waals surface area contributed by atoms with Crippen LogP contribution in [0.5, 0.6) is 0 Å². The molecule has 1 aromatic heterocycles. The normalized spacial score (nSPS) is 14.6. The summed E-state index contributed by atoms with van der Waals surface area (Å²) in [6.45, 7) is 7.24. The Morgan fingerprint density at radius 3 is 2.62 bits per heavy atom. The van der Waals surface area contributed by atoms with Crippen LogP contribution < -0.4 is 11.2 Å². The van der Waals surface area contributed by atoms with E-state index in [1.165, 1.54) is 13.0 Å². The monoisotopic (exact) mass is 392 g/mol. The number of allylic oxidation sites excluding steroid dienone is 2. The highest BCUT2D eigenvalue weighted by Crippen LogP contribution is 2.11. The van der Waals surface area contributed by atoms with Gasteiger partial charge in [-0.05, 0) is 26.0 Å². The molecular formula is C18H21BrN2O3. The number of aromatic nitrogens is 2. The van der Waals surface area contributed by atoms with Crippen LogP contribution in [0.3, 0.4) is 0 Å². The van der Waals surface area contributed by atoms with Crippen molar-refractivity contribution in [3.63, 3.8) is 0 Å². The van der Waals surface area contributed by atoms with Crippen molar-refractivity contribution in [1.82, 2.24) is 9.13 Å². The first-order chi connectivity index (χ1) is 11.3. The first kappa shape index (κ1) is 18.4. The Bertz CT molecular complexity index is 907. The molecule has 24 heavy (non-hydrogen) atoms. The van der Waals surface area contributed by atoms with E-state index >= 15 is 0 Å². The summed E-state index contributed by atoms with van der Waals surface area (Å²) in [6, 6.07) is 7.00. The van der Waals surface area contributed by atoms with Crippen molar-refractivity contribution in [3.8, 4) is 0 Å². The lowest BCUT2D eigenvalue weighted by Crippen LogP contribution is -2.45. The number of rotatable bonds is 6. The summed E-state index contributed by atoms with van der Waals surface area (Å²) in [5.74, 6) is 0. The number of nitrogens with zero attached hydrogens (tertiary/aromatic N) is 2. The summed E-state index contributed by atoms with van der Waals surface area (Å²) in [5, 5.41) is 11.4. The van der Waals surface area contributed by atoms with Gasteiger partial charge in [-0.3, -0.25) is 13.9 Å². The van der Waals surface area contributed by atoms with E-state index < -0.39 is 16.9 Å². The van der Waals surface area contributed by atoms with Crippen LogP contribution in [0.25, 0.3) is 10.9 Å². The van der Waals surface area contributed by atoms with Crippen LogP contribution in [0.15, 0.2) is 58.2 Å². The van der Waals surface area contributed by atoms with E-state index in [4.69, 9.17) is 0 Å². The van der Waals surface area contributed by atoms with Crippen LogP contribution in [-0.2, 0) is 13.1 Å². The fourth-order valence-electron chi connectivity index (χ4n) is 2.37. The lowest BCUT2D eigenvalue weighted by atomic mass is 10.1. The third-order valence-electron chi connectivity index (χ3n) is 3.88. The quantitative estimate of drug-likeness (QED) is 0.606. The summed E-state index contributed by atoms with van der Waals surface area (Å²) in [6.07, 6.45) is 3.26. The number of aliphatic hydroxyl groups is 1. The van der Waals surface area contributed by atoms with Gasteiger partial charge in [0.15, 0.2) is 0 Å². The van der Waals surface area contributed by atoms with Crippen LogP contribution >= 0.6 is 15.9 Å². The first-order valence-electron chi connectivity index (χ1n) is 7.60. The zero-order valence-electron chi connectivity index (χ0n) is 13.8. The molecule has 0 aliphatic carbocycles. The second-order valence-corrected chi connectivity index (χ2v) is 6.61. The third kappa shape index (κ3) is 3.76. The molecule has 0 fully saturated rings. The molecule has 6 heteroatoms. The molecule has 0 aliphatic heterocycles. The number of hydrogen-bond donors (Lipinski definition) is 1. The molecule has 2 rings (SSSR count). The molecular weight excluding hydrogens is 372 g/mol. The predicted octanol–water partition coefficient (Wildman–Crippen LogP) is 2.44. The van der Waals surface area contributed by atoms with Gasteiger partial charge < -0.3 is 5.11 Å². The number of para-hydroxylation sites is 1. The lowest BCUT2D eigenvalue weighted by molar-refractivity contribution is 0.0892. The highest BCUT2D eigenvalue weighted by molar-refractivity contribution is 9.09. The molecule has 5 nitrogen and oxygen atoms in total. The Kier molecular flexibility index (Phi) is 5.62. The van der Waals surface area contributed by atoms with E-state index in [0.29, 0.717) is 22.8 Å². The smallest absolute Gasteiger partial charge is 0.331 e. The van der Waals surface area contributed by atoms with Crippen molar-refractivity contribution in [2.45, 2.75) is 32.5 Å². The standard InChI is InChI=1S/C18H21BrN2O3/c1-4-18(3,24)12-21-16(22)14-7-5-6-8-15(14)20(17(21)23)10-9-13(2)11-19/h4-9,24H,1,10-12H2,2-3H3/b13-9+. The van der Waals surface area contributed by atoms with Crippen molar-refractivity contribution in [2.24, 2.45) is 0 Å². The summed E-state index contributed by atoms with van der Waals surface area (Å²) in [4.78, 5) is 25.5. The highest BCUT2D eigenvalue weighted by Gasteiger charge is 2.21. The van der Waals surface area contributed by atoms with Crippen LogP contribution in [0.1, 0.15) is 13.8 Å². The van der Waals surface area contributed by atoms with Crippen LogP contribution in [0.2, 0.25) is 0 Å². The molecule has 0 bridgehead atoms. The zero-order chi connectivity index (χ0) is 17.9. The summed E-state index contributed by atoms with van der Waals surface area (Å²) in [7, 11) is 0. The number of halogens is 1. The molecule has 0 saturated carbocycles.